The molecular formula is C21H22N2O4. The quantitative estimate of drug-likeness (QED) is 0.766. The minimum atomic E-state index is -0.758. The van der Waals surface area contributed by atoms with E-state index in [1.807, 2.05) is 36.4 Å². The number of hydrogen-bond acceptors (Lipinski definition) is 4. The number of ether oxygens (including phenoxy) is 1. The van der Waals surface area contributed by atoms with Gasteiger partial charge in [-0.25, -0.2) is 0 Å². The Hall–Kier alpha value is -3.15. The van der Waals surface area contributed by atoms with Crippen LogP contribution in [0.1, 0.15) is 36.1 Å². The van der Waals surface area contributed by atoms with E-state index in [1.54, 1.807) is 25.1 Å². The molecule has 1 aliphatic heterocycles. The molecule has 0 unspecified atom stereocenters. The van der Waals surface area contributed by atoms with Gasteiger partial charge in [-0.3, -0.25) is 14.4 Å². The van der Waals surface area contributed by atoms with Gasteiger partial charge in [0.2, 0.25) is 11.8 Å². The molecule has 0 radical (unpaired) electrons. The lowest BCUT2D eigenvalue weighted by atomic mass is 9.97. The van der Waals surface area contributed by atoms with Crippen molar-refractivity contribution in [3.8, 4) is 0 Å². The van der Waals surface area contributed by atoms with E-state index in [2.05, 4.69) is 10.6 Å². The summed E-state index contributed by atoms with van der Waals surface area (Å²) in [6.45, 7) is 1.87. The Bertz CT molecular complexity index is 835. The molecule has 0 saturated carbocycles. The number of carbonyl (C=O) groups excluding carboxylic acids is 3. The fourth-order valence-electron chi connectivity index (χ4n) is 2.99. The van der Waals surface area contributed by atoms with Gasteiger partial charge >= 0.3 is 5.97 Å². The summed E-state index contributed by atoms with van der Waals surface area (Å²) >= 11 is 0. The largest absolute Gasteiger partial charge is 0.461 e. The molecule has 2 aromatic carbocycles. The number of benzene rings is 2. The van der Waals surface area contributed by atoms with E-state index in [-0.39, 0.29) is 24.4 Å². The average Bonchev–Trinajstić information content (AvgIpc) is 2.69. The zero-order chi connectivity index (χ0) is 19.2. The van der Waals surface area contributed by atoms with E-state index in [1.165, 1.54) is 0 Å². The van der Waals surface area contributed by atoms with Crippen molar-refractivity contribution in [3.05, 3.63) is 71.3 Å². The van der Waals surface area contributed by atoms with Gasteiger partial charge in [0.25, 0.3) is 0 Å². The van der Waals surface area contributed by atoms with Gasteiger partial charge in [0, 0.05) is 12.8 Å². The van der Waals surface area contributed by atoms with Crippen LogP contribution in [0.2, 0.25) is 0 Å². The predicted octanol–water partition coefficient (Wildman–Crippen LogP) is 2.04. The summed E-state index contributed by atoms with van der Waals surface area (Å²) in [5, 5.41) is 5.60. The molecule has 1 aliphatic rings. The monoisotopic (exact) mass is 366 g/mol. The number of amides is 2. The molecule has 140 valence electrons. The Balaban J connectivity index is 1.67. The third-order valence-corrected chi connectivity index (χ3v) is 4.44. The van der Waals surface area contributed by atoms with Gasteiger partial charge < -0.3 is 15.4 Å². The van der Waals surface area contributed by atoms with E-state index >= 15 is 0 Å². The van der Waals surface area contributed by atoms with Gasteiger partial charge in [-0.15, -0.1) is 0 Å². The fraction of sp³-hybridized carbons (Fsp3) is 0.286. The second kappa shape index (κ2) is 8.49. The first-order valence-electron chi connectivity index (χ1n) is 8.96. The van der Waals surface area contributed by atoms with Gasteiger partial charge in [-0.05, 0) is 22.8 Å². The maximum Gasteiger partial charge on any atom is 0.305 e. The molecule has 3 rings (SSSR count). The molecule has 0 aromatic heterocycles. The standard InChI is InChI=1S/C21H22N2O4/c1-2-18(24)27-13-15-9-6-10-16(11-15)19-21(26)22-17(20(25)23-19)12-14-7-4-3-5-8-14/h3-11,17,19H,2,12-13H2,1H3,(H,22,26)(H,23,25)/t17-,19-/m0/s1. The van der Waals surface area contributed by atoms with Gasteiger partial charge in [-0.1, -0.05) is 55.5 Å². The van der Waals surface area contributed by atoms with Crippen LogP contribution in [0.25, 0.3) is 0 Å². The van der Waals surface area contributed by atoms with E-state index in [4.69, 9.17) is 4.74 Å². The topological polar surface area (TPSA) is 84.5 Å². The SMILES string of the molecule is CCC(=O)OCc1cccc([C@@H]2NC(=O)[C@H](Cc3ccccc3)NC2=O)c1. The van der Waals surface area contributed by atoms with Crippen LogP contribution in [-0.4, -0.2) is 23.8 Å². The van der Waals surface area contributed by atoms with Crippen LogP contribution in [0.5, 0.6) is 0 Å². The van der Waals surface area contributed by atoms with Crippen molar-refractivity contribution in [1.82, 2.24) is 10.6 Å². The van der Waals surface area contributed by atoms with Crippen LogP contribution >= 0.6 is 0 Å². The molecule has 2 aromatic rings. The highest BCUT2D eigenvalue weighted by atomic mass is 16.5. The van der Waals surface area contributed by atoms with Crippen molar-refractivity contribution >= 4 is 17.8 Å². The van der Waals surface area contributed by atoms with E-state index in [9.17, 15) is 14.4 Å². The third kappa shape index (κ3) is 4.73. The zero-order valence-corrected chi connectivity index (χ0v) is 15.1. The van der Waals surface area contributed by atoms with E-state index in [0.717, 1.165) is 11.1 Å². The lowest BCUT2D eigenvalue weighted by Gasteiger charge is -2.30. The molecule has 2 atom stereocenters. The van der Waals surface area contributed by atoms with Crippen molar-refractivity contribution in [2.75, 3.05) is 0 Å². The molecule has 1 saturated heterocycles. The molecule has 1 fully saturated rings. The smallest absolute Gasteiger partial charge is 0.305 e. The van der Waals surface area contributed by atoms with Crippen molar-refractivity contribution in [1.29, 1.82) is 0 Å². The first-order chi connectivity index (χ1) is 13.1. The summed E-state index contributed by atoms with van der Waals surface area (Å²) < 4.78 is 5.12. The summed E-state index contributed by atoms with van der Waals surface area (Å²) in [5.74, 6) is -0.752. The van der Waals surface area contributed by atoms with E-state index in [0.29, 0.717) is 18.4 Å². The first kappa shape index (κ1) is 18.6. The van der Waals surface area contributed by atoms with Crippen LogP contribution in [0, 0.1) is 0 Å². The van der Waals surface area contributed by atoms with Crippen LogP contribution in [0.3, 0.4) is 0 Å². The normalized spacial score (nSPS) is 19.1. The molecule has 27 heavy (non-hydrogen) atoms. The maximum absolute atomic E-state index is 12.6. The molecule has 2 amide bonds. The second-order valence-electron chi connectivity index (χ2n) is 6.45. The summed E-state index contributed by atoms with van der Waals surface area (Å²) in [4.78, 5) is 36.3. The Morgan fingerprint density at radius 3 is 2.44 bits per heavy atom. The van der Waals surface area contributed by atoms with Gasteiger partial charge in [-0.2, -0.15) is 0 Å². The van der Waals surface area contributed by atoms with Crippen LogP contribution in [0.4, 0.5) is 0 Å². The summed E-state index contributed by atoms with van der Waals surface area (Å²) in [6.07, 6.45) is 0.752. The minimum Gasteiger partial charge on any atom is -0.461 e. The zero-order valence-electron chi connectivity index (χ0n) is 15.1. The van der Waals surface area contributed by atoms with Crippen molar-refractivity contribution < 1.29 is 19.1 Å². The average molecular weight is 366 g/mol. The second-order valence-corrected chi connectivity index (χ2v) is 6.45. The molecule has 0 bridgehead atoms. The highest BCUT2D eigenvalue weighted by molar-refractivity contribution is 5.97. The third-order valence-electron chi connectivity index (χ3n) is 4.44. The molecule has 6 heteroatoms. The highest BCUT2D eigenvalue weighted by Gasteiger charge is 2.34. The molecule has 6 nitrogen and oxygen atoms in total. The molecule has 1 heterocycles. The van der Waals surface area contributed by atoms with E-state index < -0.39 is 12.1 Å². The van der Waals surface area contributed by atoms with Gasteiger partial charge in [0.15, 0.2) is 0 Å². The Kier molecular flexibility index (Phi) is 5.86. The number of piperazine rings is 1. The van der Waals surface area contributed by atoms with Gasteiger partial charge in [0.05, 0.1) is 0 Å². The lowest BCUT2D eigenvalue weighted by Crippen LogP contribution is -2.58. The molecule has 0 aliphatic carbocycles. The molecular weight excluding hydrogens is 344 g/mol. The van der Waals surface area contributed by atoms with Gasteiger partial charge in [0.1, 0.15) is 18.7 Å². The molecule has 2 N–H and O–H groups in total. The summed E-state index contributed by atoms with van der Waals surface area (Å²) in [6, 6.07) is 15.3. The van der Waals surface area contributed by atoms with Crippen molar-refractivity contribution in [3.63, 3.8) is 0 Å². The predicted molar refractivity (Wildman–Crippen MR) is 99.5 cm³/mol. The van der Waals surface area contributed by atoms with Crippen molar-refractivity contribution in [2.45, 2.75) is 38.5 Å². The minimum absolute atomic E-state index is 0.138. The Morgan fingerprint density at radius 2 is 1.70 bits per heavy atom. The number of hydrogen-bond donors (Lipinski definition) is 2. The number of carbonyl (C=O) groups is 3. The highest BCUT2D eigenvalue weighted by Crippen LogP contribution is 2.20. The van der Waals surface area contributed by atoms with Crippen LogP contribution < -0.4 is 10.6 Å². The summed E-state index contributed by atoms with van der Waals surface area (Å²) in [5.41, 5.74) is 2.41. The first-order valence-corrected chi connectivity index (χ1v) is 8.96. The van der Waals surface area contributed by atoms with Crippen molar-refractivity contribution in [2.24, 2.45) is 0 Å². The summed E-state index contributed by atoms with van der Waals surface area (Å²) in [7, 11) is 0. The number of nitrogens with one attached hydrogen (secondary N) is 2. The van der Waals surface area contributed by atoms with Crippen LogP contribution in [-0.2, 0) is 32.1 Å². The number of rotatable bonds is 6. The Morgan fingerprint density at radius 1 is 0.963 bits per heavy atom. The number of esters is 1. The fourth-order valence-corrected chi connectivity index (χ4v) is 2.99. The Labute approximate surface area is 157 Å². The lowest BCUT2D eigenvalue weighted by molar-refractivity contribution is -0.144. The maximum atomic E-state index is 12.6. The van der Waals surface area contributed by atoms with Crippen LogP contribution in [0.15, 0.2) is 54.6 Å². The molecule has 0 spiro atoms.